The monoisotopic (exact) mass is 289 g/mol. The van der Waals surface area contributed by atoms with E-state index in [1.165, 1.54) is 0 Å². The van der Waals surface area contributed by atoms with Crippen molar-refractivity contribution in [3.05, 3.63) is 38.4 Å². The summed E-state index contributed by atoms with van der Waals surface area (Å²) in [5.41, 5.74) is 1.82. The zero-order valence-corrected chi connectivity index (χ0v) is 10.4. The van der Waals surface area contributed by atoms with E-state index in [0.29, 0.717) is 10.2 Å². The van der Waals surface area contributed by atoms with E-state index in [1.54, 1.807) is 0 Å². The van der Waals surface area contributed by atoms with Gasteiger partial charge in [-0.25, -0.2) is 4.98 Å². The summed E-state index contributed by atoms with van der Waals surface area (Å²) in [6.07, 6.45) is 0. The number of aromatic nitrogens is 1. The molecule has 0 atom stereocenters. The Hall–Kier alpha value is -0.310. The van der Waals surface area contributed by atoms with Crippen molar-refractivity contribution < 1.29 is 0 Å². The number of halogens is 3. The van der Waals surface area contributed by atoms with Crippen LogP contribution in [0, 0.1) is 6.92 Å². The molecule has 1 nitrogen and oxygen atoms in total. The molecule has 0 bridgehead atoms. The highest BCUT2D eigenvalue weighted by atomic mass is 79.9. The molecule has 2 aromatic rings. The van der Waals surface area contributed by atoms with Crippen LogP contribution in [0.2, 0.25) is 10.2 Å². The molecule has 0 radical (unpaired) electrons. The van der Waals surface area contributed by atoms with Gasteiger partial charge in [0.25, 0.3) is 0 Å². The van der Waals surface area contributed by atoms with Crippen LogP contribution in [0.15, 0.2) is 22.7 Å². The SMILES string of the molecule is Cc1c(Cl)c(Cl)nc2ccc(Br)cc12. The largest absolute Gasteiger partial charge is 0.234 e. The van der Waals surface area contributed by atoms with E-state index in [1.807, 2.05) is 25.1 Å². The molecule has 1 aromatic carbocycles. The van der Waals surface area contributed by atoms with Gasteiger partial charge in [0.1, 0.15) is 5.15 Å². The molecule has 2 rings (SSSR count). The summed E-state index contributed by atoms with van der Waals surface area (Å²) in [5.74, 6) is 0. The van der Waals surface area contributed by atoms with Gasteiger partial charge in [-0.15, -0.1) is 0 Å². The van der Waals surface area contributed by atoms with Crippen LogP contribution in [-0.4, -0.2) is 4.98 Å². The zero-order chi connectivity index (χ0) is 10.3. The van der Waals surface area contributed by atoms with E-state index in [9.17, 15) is 0 Å². The highest BCUT2D eigenvalue weighted by Gasteiger charge is 2.08. The molecule has 0 fully saturated rings. The average molecular weight is 291 g/mol. The Kier molecular flexibility index (Phi) is 2.69. The predicted octanol–water partition coefficient (Wildman–Crippen LogP) is 4.61. The minimum atomic E-state index is 0.360. The Morgan fingerprint density at radius 1 is 1.29 bits per heavy atom. The molecule has 0 spiro atoms. The van der Waals surface area contributed by atoms with Crippen LogP contribution >= 0.6 is 39.1 Å². The number of pyridine rings is 1. The van der Waals surface area contributed by atoms with Crippen molar-refractivity contribution in [3.63, 3.8) is 0 Å². The number of nitrogens with zero attached hydrogens (tertiary/aromatic N) is 1. The minimum absolute atomic E-state index is 0.360. The van der Waals surface area contributed by atoms with Crippen molar-refractivity contribution in [3.8, 4) is 0 Å². The molecule has 0 amide bonds. The third-order valence-electron chi connectivity index (χ3n) is 2.09. The van der Waals surface area contributed by atoms with Gasteiger partial charge in [0.05, 0.1) is 10.5 Å². The molecule has 0 aliphatic carbocycles. The third kappa shape index (κ3) is 1.62. The predicted molar refractivity (Wildman–Crippen MR) is 64.2 cm³/mol. The molecule has 72 valence electrons. The lowest BCUT2D eigenvalue weighted by Gasteiger charge is -2.05. The molecule has 1 aromatic heterocycles. The Balaban J connectivity index is 2.92. The standard InChI is InChI=1S/C10H6BrCl2N/c1-5-7-4-6(11)2-3-8(7)14-10(13)9(5)12/h2-4H,1H3. The fraction of sp³-hybridized carbons (Fsp3) is 0.100. The summed E-state index contributed by atoms with van der Waals surface area (Å²) >= 11 is 15.3. The summed E-state index contributed by atoms with van der Waals surface area (Å²) < 4.78 is 1.01. The number of fused-ring (bicyclic) bond motifs is 1. The van der Waals surface area contributed by atoms with Crippen molar-refractivity contribution in [1.29, 1.82) is 0 Å². The molecule has 1 heterocycles. The molecule has 0 aliphatic rings. The quantitative estimate of drug-likeness (QED) is 0.646. The molecular weight excluding hydrogens is 285 g/mol. The van der Waals surface area contributed by atoms with Crippen molar-refractivity contribution in [2.75, 3.05) is 0 Å². The zero-order valence-electron chi connectivity index (χ0n) is 7.31. The van der Waals surface area contributed by atoms with Gasteiger partial charge in [-0.3, -0.25) is 0 Å². The lowest BCUT2D eigenvalue weighted by atomic mass is 10.1. The molecule has 0 N–H and O–H groups in total. The second kappa shape index (κ2) is 3.69. The Labute approximate surface area is 100 Å². The van der Waals surface area contributed by atoms with E-state index in [4.69, 9.17) is 23.2 Å². The maximum atomic E-state index is 6.00. The van der Waals surface area contributed by atoms with Crippen LogP contribution in [0.3, 0.4) is 0 Å². The van der Waals surface area contributed by atoms with E-state index in [-0.39, 0.29) is 0 Å². The van der Waals surface area contributed by atoms with E-state index in [0.717, 1.165) is 20.9 Å². The van der Waals surface area contributed by atoms with E-state index >= 15 is 0 Å². The first kappa shape index (κ1) is 10.2. The Morgan fingerprint density at radius 2 is 2.00 bits per heavy atom. The normalized spacial score (nSPS) is 10.9. The molecule has 0 saturated heterocycles. The van der Waals surface area contributed by atoms with Gasteiger partial charge in [-0.2, -0.15) is 0 Å². The Bertz CT molecular complexity index is 511. The number of rotatable bonds is 0. The van der Waals surface area contributed by atoms with Crippen LogP contribution in [0.4, 0.5) is 0 Å². The van der Waals surface area contributed by atoms with E-state index in [2.05, 4.69) is 20.9 Å². The molecule has 0 saturated carbocycles. The topological polar surface area (TPSA) is 12.9 Å². The molecule has 0 aliphatic heterocycles. The maximum absolute atomic E-state index is 6.00. The summed E-state index contributed by atoms with van der Waals surface area (Å²) in [7, 11) is 0. The highest BCUT2D eigenvalue weighted by molar-refractivity contribution is 9.10. The number of aryl methyl sites for hydroxylation is 1. The van der Waals surface area contributed by atoms with Gasteiger partial charge < -0.3 is 0 Å². The van der Waals surface area contributed by atoms with Gasteiger partial charge in [-0.1, -0.05) is 39.1 Å². The fourth-order valence-electron chi connectivity index (χ4n) is 1.33. The molecule has 14 heavy (non-hydrogen) atoms. The lowest BCUT2D eigenvalue weighted by molar-refractivity contribution is 1.36. The number of hydrogen-bond donors (Lipinski definition) is 0. The van der Waals surface area contributed by atoms with Gasteiger partial charge in [0.2, 0.25) is 0 Å². The average Bonchev–Trinajstić information content (AvgIpc) is 2.16. The number of benzene rings is 1. The second-order valence-electron chi connectivity index (χ2n) is 3.00. The highest BCUT2D eigenvalue weighted by Crippen LogP contribution is 2.31. The molecular formula is C10H6BrCl2N. The summed E-state index contributed by atoms with van der Waals surface area (Å²) in [6, 6.07) is 5.83. The van der Waals surface area contributed by atoms with Crippen molar-refractivity contribution in [2.24, 2.45) is 0 Å². The lowest BCUT2D eigenvalue weighted by Crippen LogP contribution is -1.86. The maximum Gasteiger partial charge on any atom is 0.148 e. The number of hydrogen-bond acceptors (Lipinski definition) is 1. The van der Waals surface area contributed by atoms with Crippen LogP contribution in [0.5, 0.6) is 0 Å². The van der Waals surface area contributed by atoms with Crippen molar-refractivity contribution in [1.82, 2.24) is 4.98 Å². The summed E-state index contributed by atoms with van der Waals surface area (Å²) in [4.78, 5) is 4.19. The van der Waals surface area contributed by atoms with Crippen LogP contribution < -0.4 is 0 Å². The van der Waals surface area contributed by atoms with Gasteiger partial charge in [0.15, 0.2) is 0 Å². The fourth-order valence-corrected chi connectivity index (χ4v) is 2.07. The van der Waals surface area contributed by atoms with Gasteiger partial charge in [-0.05, 0) is 30.7 Å². The minimum Gasteiger partial charge on any atom is -0.234 e. The second-order valence-corrected chi connectivity index (χ2v) is 4.65. The molecule has 4 heteroatoms. The Morgan fingerprint density at radius 3 is 2.71 bits per heavy atom. The van der Waals surface area contributed by atoms with Crippen molar-refractivity contribution >= 4 is 50.0 Å². The van der Waals surface area contributed by atoms with Crippen molar-refractivity contribution in [2.45, 2.75) is 6.92 Å². The van der Waals surface area contributed by atoms with Gasteiger partial charge in [0, 0.05) is 9.86 Å². The summed E-state index contributed by atoms with van der Waals surface area (Å²) in [6.45, 7) is 1.94. The van der Waals surface area contributed by atoms with Crippen LogP contribution in [-0.2, 0) is 0 Å². The van der Waals surface area contributed by atoms with Crippen LogP contribution in [0.25, 0.3) is 10.9 Å². The van der Waals surface area contributed by atoms with E-state index < -0.39 is 0 Å². The first-order valence-corrected chi connectivity index (χ1v) is 5.55. The summed E-state index contributed by atoms with van der Waals surface area (Å²) in [5, 5.41) is 1.91. The molecule has 0 unspecified atom stereocenters. The van der Waals surface area contributed by atoms with Crippen LogP contribution in [0.1, 0.15) is 5.56 Å². The first-order valence-electron chi connectivity index (χ1n) is 4.00. The smallest absolute Gasteiger partial charge is 0.148 e. The third-order valence-corrected chi connectivity index (χ3v) is 3.42. The van der Waals surface area contributed by atoms with Gasteiger partial charge >= 0.3 is 0 Å². The first-order chi connectivity index (χ1) is 6.59.